The van der Waals surface area contributed by atoms with Gasteiger partial charge in [-0.3, -0.25) is 0 Å². The quantitative estimate of drug-likeness (QED) is 0.894. The molecular weight excluding hydrogens is 266 g/mol. The van der Waals surface area contributed by atoms with Gasteiger partial charge in [0.15, 0.2) is 0 Å². The van der Waals surface area contributed by atoms with Crippen LogP contribution in [0.2, 0.25) is 0 Å². The Bertz CT molecular complexity index is 503. The van der Waals surface area contributed by atoms with Gasteiger partial charge in [0.1, 0.15) is 11.9 Å². The van der Waals surface area contributed by atoms with Gasteiger partial charge in [0.05, 0.1) is 12.4 Å². The Kier molecular flexibility index (Phi) is 4.44. The molecule has 1 heterocycles. The van der Waals surface area contributed by atoms with E-state index in [9.17, 15) is 13.5 Å². The monoisotopic (exact) mass is 285 g/mol. The van der Waals surface area contributed by atoms with Crippen molar-refractivity contribution in [3.8, 4) is 5.75 Å². The third-order valence-corrected chi connectivity index (χ3v) is 4.57. The van der Waals surface area contributed by atoms with Crippen LogP contribution in [0.25, 0.3) is 0 Å². The summed E-state index contributed by atoms with van der Waals surface area (Å²) in [5.74, 6) is 0.694. The summed E-state index contributed by atoms with van der Waals surface area (Å²) in [5.41, 5.74) is 0. The van der Waals surface area contributed by atoms with Crippen LogP contribution < -0.4 is 4.74 Å². The van der Waals surface area contributed by atoms with Crippen LogP contribution in [0.15, 0.2) is 30.3 Å². The molecule has 1 fully saturated rings. The minimum absolute atomic E-state index is 0.342. The van der Waals surface area contributed by atoms with Crippen molar-refractivity contribution in [1.29, 1.82) is 0 Å². The highest BCUT2D eigenvalue weighted by Gasteiger charge is 2.29. The maximum absolute atomic E-state index is 11.5. The fourth-order valence-electron chi connectivity index (χ4n) is 2.18. The zero-order valence-electron chi connectivity index (χ0n) is 10.9. The molecule has 1 aliphatic rings. The molecule has 1 aromatic rings. The largest absolute Gasteiger partial charge is 0.488 e. The van der Waals surface area contributed by atoms with Crippen LogP contribution in [0.3, 0.4) is 0 Å². The highest BCUT2D eigenvalue weighted by atomic mass is 32.2. The lowest BCUT2D eigenvalue weighted by molar-refractivity contribution is 0.0350. The Morgan fingerprint density at radius 3 is 2.47 bits per heavy atom. The first kappa shape index (κ1) is 14.3. The van der Waals surface area contributed by atoms with Crippen molar-refractivity contribution >= 4 is 10.0 Å². The van der Waals surface area contributed by atoms with E-state index in [1.165, 1.54) is 10.6 Å². The number of ether oxygens (including phenoxy) is 1. The molecule has 0 spiro atoms. The Balaban J connectivity index is 2.03. The first-order valence-corrected chi connectivity index (χ1v) is 8.16. The van der Waals surface area contributed by atoms with Crippen LogP contribution in [0, 0.1) is 0 Å². The van der Waals surface area contributed by atoms with Crippen molar-refractivity contribution in [3.05, 3.63) is 30.3 Å². The number of nitrogens with zero attached hydrogens (tertiary/aromatic N) is 1. The smallest absolute Gasteiger partial charge is 0.211 e. The molecule has 0 aliphatic carbocycles. The van der Waals surface area contributed by atoms with E-state index in [0.717, 1.165) is 0 Å². The number of sulfonamides is 1. The molecule has 1 N–H and O–H groups in total. The molecular formula is C13H19NO4S. The maximum Gasteiger partial charge on any atom is 0.211 e. The highest BCUT2D eigenvalue weighted by molar-refractivity contribution is 7.88. The van der Waals surface area contributed by atoms with Crippen molar-refractivity contribution < 1.29 is 18.3 Å². The fourth-order valence-corrected chi connectivity index (χ4v) is 3.05. The van der Waals surface area contributed by atoms with Crippen LogP contribution >= 0.6 is 0 Å². The summed E-state index contributed by atoms with van der Waals surface area (Å²) >= 11 is 0. The first-order chi connectivity index (χ1) is 8.97. The second-order valence-corrected chi connectivity index (χ2v) is 6.76. The first-order valence-electron chi connectivity index (χ1n) is 6.32. The van der Waals surface area contributed by atoms with E-state index in [0.29, 0.717) is 31.7 Å². The van der Waals surface area contributed by atoms with Crippen molar-refractivity contribution in [2.75, 3.05) is 19.3 Å². The molecule has 1 aliphatic heterocycles. The second kappa shape index (κ2) is 5.90. The summed E-state index contributed by atoms with van der Waals surface area (Å²) < 4.78 is 30.2. The molecule has 0 bridgehead atoms. The number of benzene rings is 1. The zero-order chi connectivity index (χ0) is 13.9. The minimum atomic E-state index is -3.20. The second-order valence-electron chi connectivity index (χ2n) is 4.78. The summed E-state index contributed by atoms with van der Waals surface area (Å²) in [5, 5.41) is 10.0. The summed E-state index contributed by atoms with van der Waals surface area (Å²) in [4.78, 5) is 0. The molecule has 0 saturated carbocycles. The van der Waals surface area contributed by atoms with Crippen LogP contribution in [0.5, 0.6) is 5.75 Å². The third-order valence-electron chi connectivity index (χ3n) is 3.27. The molecule has 0 unspecified atom stereocenters. The normalized spacial score (nSPS) is 25.8. The number of aliphatic hydroxyl groups is 1. The van der Waals surface area contributed by atoms with Gasteiger partial charge in [-0.25, -0.2) is 12.7 Å². The van der Waals surface area contributed by atoms with E-state index in [-0.39, 0.29) is 6.10 Å². The van der Waals surface area contributed by atoms with E-state index >= 15 is 0 Å². The lowest BCUT2D eigenvalue weighted by atomic mass is 10.1. The number of aliphatic hydroxyl groups excluding tert-OH is 1. The Labute approximate surface area is 113 Å². The molecule has 106 valence electrons. The highest BCUT2D eigenvalue weighted by Crippen LogP contribution is 2.20. The predicted octanol–water partition coefficient (Wildman–Crippen LogP) is 0.850. The van der Waals surface area contributed by atoms with Crippen molar-refractivity contribution in [2.45, 2.75) is 25.0 Å². The number of para-hydroxylation sites is 1. The van der Waals surface area contributed by atoms with E-state index in [1.807, 2.05) is 30.3 Å². The van der Waals surface area contributed by atoms with Crippen molar-refractivity contribution in [2.24, 2.45) is 0 Å². The minimum Gasteiger partial charge on any atom is -0.488 e. The topological polar surface area (TPSA) is 66.8 Å². The molecule has 1 aromatic carbocycles. The summed E-state index contributed by atoms with van der Waals surface area (Å²) in [6.45, 7) is 0.724. The Hall–Kier alpha value is -1.11. The molecule has 0 amide bonds. The molecule has 2 rings (SSSR count). The summed E-state index contributed by atoms with van der Waals surface area (Å²) in [6.07, 6.45) is 1.06. The summed E-state index contributed by atoms with van der Waals surface area (Å²) in [7, 11) is -3.20. The number of hydrogen-bond donors (Lipinski definition) is 1. The van der Waals surface area contributed by atoms with E-state index in [4.69, 9.17) is 4.74 Å². The van der Waals surface area contributed by atoms with Crippen LogP contribution in [-0.4, -0.2) is 49.4 Å². The van der Waals surface area contributed by atoms with Crippen LogP contribution in [-0.2, 0) is 10.0 Å². The van der Waals surface area contributed by atoms with Gasteiger partial charge in [-0.05, 0) is 18.6 Å². The SMILES string of the molecule is CS(=O)(=O)N1CC[C@@H](O)[C@H](Oc2ccccc2)CC1. The maximum atomic E-state index is 11.5. The molecule has 5 nitrogen and oxygen atoms in total. The van der Waals surface area contributed by atoms with Crippen molar-refractivity contribution in [3.63, 3.8) is 0 Å². The van der Waals surface area contributed by atoms with Gasteiger partial charge >= 0.3 is 0 Å². The average Bonchev–Trinajstić information content (AvgIpc) is 2.53. The van der Waals surface area contributed by atoms with Crippen molar-refractivity contribution in [1.82, 2.24) is 4.31 Å². The molecule has 2 atom stereocenters. The van der Waals surface area contributed by atoms with Gasteiger partial charge in [0.25, 0.3) is 0 Å². The summed E-state index contributed by atoms with van der Waals surface area (Å²) in [6, 6.07) is 9.27. The van der Waals surface area contributed by atoms with Crippen LogP contribution in [0.1, 0.15) is 12.8 Å². The molecule has 19 heavy (non-hydrogen) atoms. The Morgan fingerprint density at radius 2 is 1.84 bits per heavy atom. The van der Waals surface area contributed by atoms with Crippen LogP contribution in [0.4, 0.5) is 0 Å². The fraction of sp³-hybridized carbons (Fsp3) is 0.538. The van der Waals surface area contributed by atoms with Gasteiger partial charge in [0, 0.05) is 19.5 Å². The Morgan fingerprint density at radius 1 is 1.21 bits per heavy atom. The zero-order valence-corrected chi connectivity index (χ0v) is 11.7. The van der Waals surface area contributed by atoms with Gasteiger partial charge < -0.3 is 9.84 Å². The average molecular weight is 285 g/mol. The van der Waals surface area contributed by atoms with Gasteiger partial charge in [-0.1, -0.05) is 18.2 Å². The molecule has 0 aromatic heterocycles. The van der Waals surface area contributed by atoms with Gasteiger partial charge in [0.2, 0.25) is 10.0 Å². The molecule has 0 radical (unpaired) electrons. The lowest BCUT2D eigenvalue weighted by Gasteiger charge is -2.21. The predicted molar refractivity (Wildman–Crippen MR) is 72.5 cm³/mol. The third kappa shape index (κ3) is 3.92. The number of rotatable bonds is 3. The number of hydrogen-bond acceptors (Lipinski definition) is 4. The van der Waals surface area contributed by atoms with E-state index in [1.54, 1.807) is 0 Å². The lowest BCUT2D eigenvalue weighted by Crippen LogP contribution is -2.32. The van der Waals surface area contributed by atoms with E-state index in [2.05, 4.69) is 0 Å². The molecule has 1 saturated heterocycles. The standard InChI is InChI=1S/C13H19NO4S/c1-19(16,17)14-9-7-12(15)13(8-10-14)18-11-5-3-2-4-6-11/h2-6,12-13,15H,7-10H2,1H3/t12-,13-/m1/s1. The van der Waals surface area contributed by atoms with Gasteiger partial charge in [-0.2, -0.15) is 0 Å². The molecule has 6 heteroatoms. The van der Waals surface area contributed by atoms with E-state index < -0.39 is 16.1 Å². The van der Waals surface area contributed by atoms with Gasteiger partial charge in [-0.15, -0.1) is 0 Å².